The maximum Gasteiger partial charge on any atom is 0.416 e. The molecule has 1 atom stereocenters. The van der Waals surface area contributed by atoms with Crippen molar-refractivity contribution in [3.63, 3.8) is 0 Å². The third-order valence-electron chi connectivity index (χ3n) is 2.15. The molecule has 0 aromatic heterocycles. The Kier molecular flexibility index (Phi) is 2.10. The molecule has 2 aliphatic rings. The molecule has 1 unspecified atom stereocenters. The summed E-state index contributed by atoms with van der Waals surface area (Å²) in [6.45, 7) is 0. The molecular weight excluding hydrogens is 207 g/mol. The minimum absolute atomic E-state index is 0.357. The summed E-state index contributed by atoms with van der Waals surface area (Å²) < 4.78 is 37.0. The lowest BCUT2D eigenvalue weighted by atomic mass is 9.92. The second kappa shape index (κ2) is 3.18. The highest BCUT2D eigenvalue weighted by molar-refractivity contribution is 6.11. The minimum atomic E-state index is -4.35. The molecule has 0 aromatic rings. The zero-order chi connectivity index (χ0) is 11.1. The van der Waals surface area contributed by atoms with Crippen molar-refractivity contribution in [1.82, 2.24) is 0 Å². The van der Waals surface area contributed by atoms with Gasteiger partial charge in [-0.25, -0.2) is 4.99 Å². The van der Waals surface area contributed by atoms with Crippen molar-refractivity contribution in [2.75, 3.05) is 0 Å². The summed E-state index contributed by atoms with van der Waals surface area (Å²) in [6, 6.07) is 0. The first-order chi connectivity index (χ1) is 6.97. The van der Waals surface area contributed by atoms with Crippen LogP contribution >= 0.6 is 0 Å². The van der Waals surface area contributed by atoms with Gasteiger partial charge in [0.25, 0.3) is 5.91 Å². The van der Waals surface area contributed by atoms with Gasteiger partial charge in [0, 0.05) is 12.0 Å². The van der Waals surface area contributed by atoms with E-state index in [2.05, 4.69) is 4.99 Å². The van der Waals surface area contributed by atoms with E-state index < -0.39 is 23.6 Å². The van der Waals surface area contributed by atoms with E-state index in [-0.39, 0.29) is 0 Å². The van der Waals surface area contributed by atoms with Crippen LogP contribution < -0.4 is 0 Å². The topological polar surface area (TPSA) is 29.4 Å². The van der Waals surface area contributed by atoms with E-state index in [1.807, 2.05) is 0 Å². The van der Waals surface area contributed by atoms with Crippen LogP contribution in [0.5, 0.6) is 0 Å². The fourth-order valence-corrected chi connectivity index (χ4v) is 1.43. The molecule has 0 bridgehead atoms. The highest BCUT2D eigenvalue weighted by Gasteiger charge is 2.34. The van der Waals surface area contributed by atoms with Gasteiger partial charge in [0.15, 0.2) is 0 Å². The molecule has 1 heterocycles. The van der Waals surface area contributed by atoms with Gasteiger partial charge in [-0.2, -0.15) is 13.2 Å². The number of hydrogen-bond acceptors (Lipinski definition) is 1. The quantitative estimate of drug-likeness (QED) is 0.606. The monoisotopic (exact) mass is 213 g/mol. The SMILES string of the molecule is O=C1C=CC2C=C(C(F)(F)F)C=CC2=N1. The zero-order valence-corrected chi connectivity index (χ0v) is 7.45. The Morgan fingerprint density at radius 2 is 1.93 bits per heavy atom. The van der Waals surface area contributed by atoms with Gasteiger partial charge >= 0.3 is 6.18 Å². The van der Waals surface area contributed by atoms with Crippen molar-refractivity contribution < 1.29 is 18.0 Å². The summed E-state index contributed by atoms with van der Waals surface area (Å²) in [5.41, 5.74) is -0.346. The van der Waals surface area contributed by atoms with Crippen LogP contribution in [0.25, 0.3) is 0 Å². The summed E-state index contributed by atoms with van der Waals surface area (Å²) in [6.07, 6.45) is 1.47. The molecule has 0 aromatic carbocycles. The van der Waals surface area contributed by atoms with Crippen LogP contribution in [0, 0.1) is 5.92 Å². The lowest BCUT2D eigenvalue weighted by Gasteiger charge is -2.19. The van der Waals surface area contributed by atoms with Crippen LogP contribution in [0.3, 0.4) is 0 Å². The molecule has 1 amide bonds. The average molecular weight is 213 g/mol. The normalized spacial score (nSPS) is 24.7. The maximum atomic E-state index is 12.3. The Bertz CT molecular complexity index is 426. The molecule has 0 spiro atoms. The van der Waals surface area contributed by atoms with Crippen molar-refractivity contribution in [1.29, 1.82) is 0 Å². The van der Waals surface area contributed by atoms with E-state index in [0.717, 1.165) is 12.2 Å². The minimum Gasteiger partial charge on any atom is -0.267 e. The predicted molar refractivity (Wildman–Crippen MR) is 48.4 cm³/mol. The summed E-state index contributed by atoms with van der Waals surface area (Å²) in [7, 11) is 0. The average Bonchev–Trinajstić information content (AvgIpc) is 2.15. The van der Waals surface area contributed by atoms with Gasteiger partial charge in [-0.3, -0.25) is 4.79 Å². The van der Waals surface area contributed by atoms with Gasteiger partial charge < -0.3 is 0 Å². The molecule has 2 nitrogen and oxygen atoms in total. The molecule has 0 saturated heterocycles. The molecule has 1 aliphatic carbocycles. The summed E-state index contributed by atoms with van der Waals surface area (Å²) in [4.78, 5) is 14.5. The number of amides is 1. The largest absolute Gasteiger partial charge is 0.416 e. The Balaban J connectivity index is 2.33. The molecule has 2 rings (SSSR count). The number of rotatable bonds is 0. The Morgan fingerprint density at radius 1 is 1.20 bits per heavy atom. The third-order valence-corrected chi connectivity index (χ3v) is 2.15. The van der Waals surface area contributed by atoms with Gasteiger partial charge in [0.1, 0.15) is 0 Å². The van der Waals surface area contributed by atoms with Crippen molar-refractivity contribution in [3.8, 4) is 0 Å². The fraction of sp³-hybridized carbons (Fsp3) is 0.200. The molecule has 0 saturated carbocycles. The number of carbonyl (C=O) groups is 1. The first-order valence-electron chi connectivity index (χ1n) is 4.24. The smallest absolute Gasteiger partial charge is 0.267 e. The van der Waals surface area contributed by atoms with Crippen LogP contribution in [-0.2, 0) is 4.79 Å². The number of aliphatic imine (C=N–C) groups is 1. The number of halogens is 3. The first-order valence-corrected chi connectivity index (χ1v) is 4.24. The van der Waals surface area contributed by atoms with Gasteiger partial charge in [-0.1, -0.05) is 12.2 Å². The Labute approximate surface area is 83.5 Å². The highest BCUT2D eigenvalue weighted by Crippen LogP contribution is 2.31. The molecule has 0 fully saturated rings. The predicted octanol–water partition coefficient (Wildman–Crippen LogP) is 2.20. The molecule has 78 valence electrons. The number of hydrogen-bond donors (Lipinski definition) is 0. The van der Waals surface area contributed by atoms with E-state index in [1.54, 1.807) is 0 Å². The number of allylic oxidation sites excluding steroid dienone is 5. The molecule has 1 aliphatic heterocycles. The number of carbonyl (C=O) groups excluding carboxylic acids is 1. The van der Waals surface area contributed by atoms with Crippen molar-refractivity contribution >= 4 is 11.6 Å². The van der Waals surface area contributed by atoms with Crippen molar-refractivity contribution in [2.24, 2.45) is 10.9 Å². The molecule has 5 heteroatoms. The van der Waals surface area contributed by atoms with Crippen LogP contribution in [-0.4, -0.2) is 17.8 Å². The van der Waals surface area contributed by atoms with Crippen LogP contribution in [0.4, 0.5) is 13.2 Å². The second-order valence-corrected chi connectivity index (χ2v) is 3.21. The molecule has 15 heavy (non-hydrogen) atoms. The van der Waals surface area contributed by atoms with E-state index in [1.165, 1.54) is 18.2 Å². The Morgan fingerprint density at radius 3 is 2.60 bits per heavy atom. The zero-order valence-electron chi connectivity index (χ0n) is 7.45. The van der Waals surface area contributed by atoms with E-state index in [0.29, 0.717) is 5.71 Å². The summed E-state index contributed by atoms with van der Waals surface area (Å²) in [5.74, 6) is -0.973. The van der Waals surface area contributed by atoms with Crippen LogP contribution in [0.15, 0.2) is 40.9 Å². The molecule has 0 N–H and O–H groups in total. The summed E-state index contributed by atoms with van der Waals surface area (Å²) in [5, 5.41) is 0. The van der Waals surface area contributed by atoms with Crippen LogP contribution in [0.1, 0.15) is 0 Å². The van der Waals surface area contributed by atoms with Crippen LogP contribution in [0.2, 0.25) is 0 Å². The Hall–Kier alpha value is -1.65. The number of dihydropyridines is 1. The van der Waals surface area contributed by atoms with Gasteiger partial charge in [0.2, 0.25) is 0 Å². The fourth-order valence-electron chi connectivity index (χ4n) is 1.43. The molecule has 0 radical (unpaired) electrons. The van der Waals surface area contributed by atoms with Gasteiger partial charge in [-0.15, -0.1) is 0 Å². The third kappa shape index (κ3) is 1.91. The first kappa shape index (κ1) is 9.89. The standard InChI is InChI=1S/C10H6F3NO/c11-10(12,13)7-2-3-8-6(5-7)1-4-9(15)14-8/h1-6H. The lowest BCUT2D eigenvalue weighted by molar-refractivity contribution is -0.113. The summed E-state index contributed by atoms with van der Waals surface area (Å²) >= 11 is 0. The van der Waals surface area contributed by atoms with E-state index >= 15 is 0 Å². The maximum absolute atomic E-state index is 12.3. The van der Waals surface area contributed by atoms with E-state index in [4.69, 9.17) is 0 Å². The molecular formula is C10H6F3NO. The number of fused-ring (bicyclic) bond motifs is 1. The van der Waals surface area contributed by atoms with Gasteiger partial charge in [-0.05, 0) is 12.2 Å². The highest BCUT2D eigenvalue weighted by atomic mass is 19.4. The lowest BCUT2D eigenvalue weighted by Crippen LogP contribution is -2.21. The second-order valence-electron chi connectivity index (χ2n) is 3.21. The van der Waals surface area contributed by atoms with Crippen molar-refractivity contribution in [2.45, 2.75) is 6.18 Å². The van der Waals surface area contributed by atoms with Gasteiger partial charge in [0.05, 0.1) is 11.3 Å². The number of alkyl halides is 3. The van der Waals surface area contributed by atoms with E-state index in [9.17, 15) is 18.0 Å². The number of nitrogens with zero attached hydrogens (tertiary/aromatic N) is 1. The van der Waals surface area contributed by atoms with Crippen molar-refractivity contribution in [3.05, 3.63) is 36.0 Å².